The predicted molar refractivity (Wildman–Crippen MR) is 158 cm³/mol. The van der Waals surface area contributed by atoms with Crippen molar-refractivity contribution >= 4 is 33.9 Å². The maximum absolute atomic E-state index is 14.1. The van der Waals surface area contributed by atoms with Crippen molar-refractivity contribution in [1.29, 1.82) is 5.26 Å². The van der Waals surface area contributed by atoms with E-state index in [1.165, 1.54) is 13.2 Å². The van der Waals surface area contributed by atoms with Crippen LogP contribution in [0.25, 0.3) is 16.7 Å². The summed E-state index contributed by atoms with van der Waals surface area (Å²) in [7, 11) is 7.47. The molecule has 0 unspecified atom stereocenters. The first-order valence-electron chi connectivity index (χ1n) is 13.0. The third-order valence-electron chi connectivity index (χ3n) is 6.53. The van der Waals surface area contributed by atoms with Gasteiger partial charge in [-0.15, -0.1) is 0 Å². The average Bonchev–Trinajstić information content (AvgIpc) is 3.29. The average molecular weight is 580 g/mol. The van der Waals surface area contributed by atoms with Crippen LogP contribution in [0.2, 0.25) is 0 Å². The molecule has 0 bridgehead atoms. The van der Waals surface area contributed by atoms with Gasteiger partial charge in [-0.25, -0.2) is 9.67 Å². The van der Waals surface area contributed by atoms with E-state index in [1.54, 1.807) is 31.3 Å². The van der Waals surface area contributed by atoms with Gasteiger partial charge in [-0.2, -0.15) is 28.5 Å². The molecule has 4 aromatic rings. The number of nitrogens with zero attached hydrogens (tertiary/aromatic N) is 7. The molecule has 42 heavy (non-hydrogen) atoms. The largest absolute Gasteiger partial charge is 0.494 e. The standard InChI is InChI=1S/C29H32F3N9O/c1-7-10-34-22-14-23(26(42-6)15-25(22)40(5)12-11-39(3)4)36-28-35-17-21(29(30,31)32)27(37-28)41-24-9-8-19(16-33)13-20(24)18(2)38-41/h7-10,13-15,17,34H,11-12H2,1-6H3,(H,35,36,37). The maximum Gasteiger partial charge on any atom is 0.421 e. The molecule has 220 valence electrons. The van der Waals surface area contributed by atoms with Gasteiger partial charge >= 0.3 is 6.18 Å². The summed E-state index contributed by atoms with van der Waals surface area (Å²) in [4.78, 5) is 12.4. The predicted octanol–water partition coefficient (Wildman–Crippen LogP) is 5.71. The molecule has 2 heterocycles. The van der Waals surface area contributed by atoms with Crippen LogP contribution in [0.15, 0.2) is 48.8 Å². The van der Waals surface area contributed by atoms with Gasteiger partial charge in [0.15, 0.2) is 5.82 Å². The SMILES string of the molecule is CC=CNc1cc(Nc2ncc(C(F)(F)F)c(-n3nc(C)c4cc(C#N)ccc43)n2)c(OC)cc1N(C)CCN(C)C. The monoisotopic (exact) mass is 579 g/mol. The number of hydrogen-bond acceptors (Lipinski definition) is 9. The number of allylic oxidation sites excluding steroid dienone is 1. The molecular weight excluding hydrogens is 547 g/mol. The van der Waals surface area contributed by atoms with E-state index in [-0.39, 0.29) is 5.95 Å². The topological polar surface area (TPSA) is 107 Å². The second-order valence-electron chi connectivity index (χ2n) is 9.83. The molecule has 0 spiro atoms. The van der Waals surface area contributed by atoms with Crippen LogP contribution in [-0.2, 0) is 6.18 Å². The number of alkyl halides is 3. The van der Waals surface area contributed by atoms with E-state index in [9.17, 15) is 18.4 Å². The van der Waals surface area contributed by atoms with E-state index in [4.69, 9.17) is 4.74 Å². The van der Waals surface area contributed by atoms with E-state index in [1.807, 2.05) is 46.3 Å². The van der Waals surface area contributed by atoms with Crippen LogP contribution >= 0.6 is 0 Å². The molecule has 0 amide bonds. The Balaban J connectivity index is 1.82. The van der Waals surface area contributed by atoms with Crippen molar-refractivity contribution in [2.24, 2.45) is 0 Å². The van der Waals surface area contributed by atoms with Crippen molar-refractivity contribution in [3.05, 3.63) is 65.6 Å². The first kappa shape index (κ1) is 30.1. The summed E-state index contributed by atoms with van der Waals surface area (Å²) in [6.07, 6.45) is -0.384. The van der Waals surface area contributed by atoms with Gasteiger partial charge in [0.05, 0.1) is 47.0 Å². The zero-order valence-corrected chi connectivity index (χ0v) is 24.2. The second kappa shape index (κ2) is 12.4. The lowest BCUT2D eigenvalue weighted by atomic mass is 10.1. The van der Waals surface area contributed by atoms with Crippen LogP contribution < -0.4 is 20.3 Å². The summed E-state index contributed by atoms with van der Waals surface area (Å²) >= 11 is 0. The van der Waals surface area contributed by atoms with Crippen LogP contribution in [0.5, 0.6) is 5.75 Å². The molecule has 4 rings (SSSR count). The lowest BCUT2D eigenvalue weighted by Gasteiger charge is -2.26. The van der Waals surface area contributed by atoms with Crippen molar-refractivity contribution in [3.63, 3.8) is 0 Å². The van der Waals surface area contributed by atoms with Crippen molar-refractivity contribution < 1.29 is 17.9 Å². The number of halogens is 3. The van der Waals surface area contributed by atoms with E-state index in [0.717, 1.165) is 35.3 Å². The molecule has 0 radical (unpaired) electrons. The van der Waals surface area contributed by atoms with Gasteiger partial charge < -0.3 is 25.2 Å². The summed E-state index contributed by atoms with van der Waals surface area (Å²) < 4.78 is 49.1. The molecule has 13 heteroatoms. The number of hydrogen-bond donors (Lipinski definition) is 2. The Morgan fingerprint density at radius 2 is 1.88 bits per heavy atom. The first-order valence-corrected chi connectivity index (χ1v) is 13.0. The Hall–Kier alpha value is -4.83. The summed E-state index contributed by atoms with van der Waals surface area (Å²) in [5, 5.41) is 20.4. The highest BCUT2D eigenvalue weighted by atomic mass is 19.4. The Morgan fingerprint density at radius 1 is 1.12 bits per heavy atom. The zero-order chi connectivity index (χ0) is 30.6. The van der Waals surface area contributed by atoms with Crippen LogP contribution in [0.3, 0.4) is 0 Å². The van der Waals surface area contributed by atoms with E-state index in [2.05, 4.69) is 35.5 Å². The molecule has 0 atom stereocenters. The van der Waals surface area contributed by atoms with Crippen molar-refractivity contribution in [1.82, 2.24) is 24.6 Å². The number of nitriles is 1. The summed E-state index contributed by atoms with van der Waals surface area (Å²) in [6.45, 7) is 5.11. The van der Waals surface area contributed by atoms with Crippen molar-refractivity contribution in [2.75, 3.05) is 56.9 Å². The summed E-state index contributed by atoms with van der Waals surface area (Å²) in [5.41, 5.74) is 2.20. The number of rotatable bonds is 10. The Morgan fingerprint density at radius 3 is 2.52 bits per heavy atom. The van der Waals surface area contributed by atoms with Gasteiger partial charge in [0.1, 0.15) is 11.3 Å². The number of likely N-dealkylation sites (N-methyl/N-ethyl adjacent to an activating group) is 2. The van der Waals surface area contributed by atoms with Gasteiger partial charge in [0.2, 0.25) is 5.95 Å². The molecule has 2 aromatic carbocycles. The fourth-order valence-electron chi connectivity index (χ4n) is 4.32. The first-order chi connectivity index (χ1) is 20.0. The Bertz CT molecular complexity index is 1660. The number of ether oxygens (including phenoxy) is 1. The normalized spacial score (nSPS) is 11.7. The molecule has 2 aromatic heterocycles. The van der Waals surface area contributed by atoms with Gasteiger partial charge in [0, 0.05) is 37.8 Å². The third-order valence-corrected chi connectivity index (χ3v) is 6.53. The second-order valence-corrected chi connectivity index (χ2v) is 9.83. The van der Waals surface area contributed by atoms with E-state index >= 15 is 0 Å². The minimum atomic E-state index is -4.74. The number of benzene rings is 2. The van der Waals surface area contributed by atoms with Gasteiger partial charge in [0.25, 0.3) is 0 Å². The van der Waals surface area contributed by atoms with Crippen LogP contribution in [0.1, 0.15) is 23.7 Å². The molecule has 10 nitrogen and oxygen atoms in total. The Kier molecular flexibility index (Phi) is 8.87. The highest BCUT2D eigenvalue weighted by Gasteiger charge is 2.36. The lowest BCUT2D eigenvalue weighted by molar-refractivity contribution is -0.138. The zero-order valence-electron chi connectivity index (χ0n) is 24.2. The molecule has 0 saturated heterocycles. The quantitative estimate of drug-likeness (QED) is 0.244. The van der Waals surface area contributed by atoms with Gasteiger partial charge in [-0.3, -0.25) is 0 Å². The van der Waals surface area contributed by atoms with Crippen molar-refractivity contribution in [2.45, 2.75) is 20.0 Å². The highest BCUT2D eigenvalue weighted by Crippen LogP contribution is 2.39. The summed E-state index contributed by atoms with van der Waals surface area (Å²) in [6, 6.07) is 10.3. The third kappa shape index (κ3) is 6.39. The van der Waals surface area contributed by atoms with E-state index in [0.29, 0.717) is 33.6 Å². The van der Waals surface area contributed by atoms with Gasteiger partial charge in [-0.05, 0) is 58.4 Å². The molecule has 2 N–H and O–H groups in total. The van der Waals surface area contributed by atoms with Crippen LogP contribution in [-0.4, -0.2) is 66.0 Å². The molecule has 0 aliphatic rings. The fourth-order valence-corrected chi connectivity index (χ4v) is 4.32. The fraction of sp³-hybridized carbons (Fsp3) is 0.310. The molecule has 0 fully saturated rings. The number of methoxy groups -OCH3 is 1. The van der Waals surface area contributed by atoms with Crippen LogP contribution in [0.4, 0.5) is 36.2 Å². The molecule has 0 saturated carbocycles. The number of nitrogens with one attached hydrogen (secondary N) is 2. The minimum absolute atomic E-state index is 0.0862. The van der Waals surface area contributed by atoms with E-state index < -0.39 is 17.6 Å². The highest BCUT2D eigenvalue weighted by molar-refractivity contribution is 5.85. The molecule has 0 aliphatic carbocycles. The van der Waals surface area contributed by atoms with Crippen LogP contribution in [0, 0.1) is 18.3 Å². The molecule has 0 aliphatic heterocycles. The Labute approximate surface area is 242 Å². The number of anilines is 4. The maximum atomic E-state index is 14.1. The van der Waals surface area contributed by atoms with Gasteiger partial charge in [-0.1, -0.05) is 6.08 Å². The molecular formula is C29H32F3N9O. The number of aryl methyl sites for hydroxylation is 1. The number of aromatic nitrogens is 4. The summed E-state index contributed by atoms with van der Waals surface area (Å²) in [5.74, 6) is -0.0896. The smallest absolute Gasteiger partial charge is 0.421 e. The number of fused-ring (bicyclic) bond motifs is 1. The minimum Gasteiger partial charge on any atom is -0.494 e. The van der Waals surface area contributed by atoms with Crippen molar-refractivity contribution in [3.8, 4) is 17.6 Å². The lowest BCUT2D eigenvalue weighted by Crippen LogP contribution is -2.28.